The van der Waals surface area contributed by atoms with E-state index in [-0.39, 0.29) is 17.9 Å². The highest BCUT2D eigenvalue weighted by atomic mass is 16.3. The molecule has 2 rings (SSSR count). The monoisotopic (exact) mass is 248 g/mol. The summed E-state index contributed by atoms with van der Waals surface area (Å²) in [5.41, 5.74) is 3.18. The molecule has 0 saturated carbocycles. The average molecular weight is 248 g/mol. The number of carbonyl (C=O) groups is 1. The fraction of sp³-hybridized carbons (Fsp3) is 0.182. The maximum atomic E-state index is 11.5. The summed E-state index contributed by atoms with van der Waals surface area (Å²) >= 11 is 0. The molecule has 94 valence electrons. The number of hydrogen-bond acceptors (Lipinski definition) is 4. The summed E-state index contributed by atoms with van der Waals surface area (Å²) in [4.78, 5) is 22.3. The summed E-state index contributed by atoms with van der Waals surface area (Å²) < 4.78 is 5.11. The number of amides is 1. The third-order valence-electron chi connectivity index (χ3n) is 2.23. The van der Waals surface area contributed by atoms with E-state index in [1.54, 1.807) is 19.1 Å². The average Bonchev–Trinajstić information content (AvgIpc) is 2.97. The van der Waals surface area contributed by atoms with Crippen molar-refractivity contribution in [1.82, 2.24) is 15.6 Å². The van der Waals surface area contributed by atoms with Crippen LogP contribution in [0.4, 0.5) is 0 Å². The van der Waals surface area contributed by atoms with E-state index in [1.807, 2.05) is 0 Å². The van der Waals surface area contributed by atoms with Crippen LogP contribution < -0.4 is 11.0 Å². The van der Waals surface area contributed by atoms with Gasteiger partial charge in [-0.15, -0.1) is 0 Å². The maximum absolute atomic E-state index is 11.5. The Hall–Kier alpha value is -2.57. The predicted octanol–water partition coefficient (Wildman–Crippen LogP) is 0.379. The molecular weight excluding hydrogens is 236 g/mol. The molecule has 7 nitrogen and oxygen atoms in total. The number of furan rings is 1. The van der Waals surface area contributed by atoms with Crippen LogP contribution in [-0.4, -0.2) is 21.8 Å². The molecule has 0 aliphatic carbocycles. The summed E-state index contributed by atoms with van der Waals surface area (Å²) in [6, 6.07) is 4.80. The second kappa shape index (κ2) is 5.17. The first-order valence-electron chi connectivity index (χ1n) is 5.29. The fourth-order valence-corrected chi connectivity index (χ4v) is 1.37. The van der Waals surface area contributed by atoms with E-state index in [4.69, 9.17) is 4.42 Å². The molecule has 7 heteroatoms. The van der Waals surface area contributed by atoms with Crippen LogP contribution in [0.5, 0.6) is 0 Å². The molecule has 3 N–H and O–H groups in total. The summed E-state index contributed by atoms with van der Waals surface area (Å²) in [5, 5.41) is 8.83. The molecule has 18 heavy (non-hydrogen) atoms. The van der Waals surface area contributed by atoms with Gasteiger partial charge in [-0.05, 0) is 19.1 Å². The Balaban J connectivity index is 1.92. The Bertz CT molecular complexity index is 606. The third kappa shape index (κ3) is 2.97. The molecule has 0 aliphatic heterocycles. The maximum Gasteiger partial charge on any atom is 0.264 e. The van der Waals surface area contributed by atoms with Crippen molar-refractivity contribution in [2.24, 2.45) is 5.10 Å². The van der Waals surface area contributed by atoms with Crippen LogP contribution in [0.1, 0.15) is 18.4 Å². The van der Waals surface area contributed by atoms with Crippen molar-refractivity contribution in [3.05, 3.63) is 46.3 Å². The van der Waals surface area contributed by atoms with Crippen molar-refractivity contribution in [2.45, 2.75) is 13.3 Å². The van der Waals surface area contributed by atoms with Gasteiger partial charge >= 0.3 is 0 Å². The van der Waals surface area contributed by atoms with Gasteiger partial charge in [0.2, 0.25) is 5.91 Å². The highest BCUT2D eigenvalue weighted by Gasteiger charge is 2.05. The minimum Gasteiger partial charge on any atom is -0.463 e. The van der Waals surface area contributed by atoms with Crippen molar-refractivity contribution in [3.63, 3.8) is 0 Å². The molecule has 0 aromatic carbocycles. The highest BCUT2D eigenvalue weighted by Crippen LogP contribution is 2.01. The van der Waals surface area contributed by atoms with Gasteiger partial charge in [0.05, 0.1) is 12.7 Å². The quantitative estimate of drug-likeness (QED) is 0.538. The molecule has 1 amide bonds. The van der Waals surface area contributed by atoms with E-state index < -0.39 is 0 Å². The Morgan fingerprint density at radius 1 is 1.50 bits per heavy atom. The number of nitrogens with zero attached hydrogens (tertiary/aromatic N) is 1. The Kier molecular flexibility index (Phi) is 3.42. The van der Waals surface area contributed by atoms with Gasteiger partial charge in [0.15, 0.2) is 0 Å². The predicted molar refractivity (Wildman–Crippen MR) is 64.2 cm³/mol. The molecule has 0 saturated heterocycles. The third-order valence-corrected chi connectivity index (χ3v) is 2.23. The first-order chi connectivity index (χ1) is 8.65. The minimum absolute atomic E-state index is 0.0493. The smallest absolute Gasteiger partial charge is 0.264 e. The van der Waals surface area contributed by atoms with Gasteiger partial charge in [0.25, 0.3) is 5.56 Å². The van der Waals surface area contributed by atoms with Crippen LogP contribution in [0, 0.1) is 0 Å². The fourth-order valence-electron chi connectivity index (χ4n) is 1.37. The molecule has 0 atom stereocenters. The summed E-state index contributed by atoms with van der Waals surface area (Å²) in [7, 11) is 0. The zero-order valence-corrected chi connectivity index (χ0v) is 9.69. The first-order valence-corrected chi connectivity index (χ1v) is 5.29. The number of aromatic nitrogens is 2. The van der Waals surface area contributed by atoms with E-state index in [9.17, 15) is 9.59 Å². The number of rotatable bonds is 4. The molecule has 2 aromatic heterocycles. The zero-order valence-electron chi connectivity index (χ0n) is 9.69. The number of nitrogens with one attached hydrogen (secondary N) is 3. The van der Waals surface area contributed by atoms with Gasteiger partial charge in [-0.1, -0.05) is 0 Å². The Morgan fingerprint density at radius 2 is 2.33 bits per heavy atom. The van der Waals surface area contributed by atoms with Gasteiger partial charge in [0.1, 0.15) is 11.5 Å². The summed E-state index contributed by atoms with van der Waals surface area (Å²) in [6.07, 6.45) is 1.58. The van der Waals surface area contributed by atoms with Crippen LogP contribution in [0.25, 0.3) is 0 Å². The molecule has 0 fully saturated rings. The molecule has 0 bridgehead atoms. The number of carbonyl (C=O) groups excluding carboxylic acids is 1. The van der Waals surface area contributed by atoms with Gasteiger partial charge < -0.3 is 9.52 Å². The molecule has 0 radical (unpaired) electrons. The van der Waals surface area contributed by atoms with Crippen molar-refractivity contribution >= 4 is 11.6 Å². The van der Waals surface area contributed by atoms with Crippen LogP contribution in [0.3, 0.4) is 0 Å². The summed E-state index contributed by atoms with van der Waals surface area (Å²) in [6.45, 7) is 1.72. The zero-order chi connectivity index (χ0) is 13.0. The second-order valence-electron chi connectivity index (χ2n) is 3.67. The molecule has 0 unspecified atom stereocenters. The van der Waals surface area contributed by atoms with Crippen LogP contribution >= 0.6 is 0 Å². The molecule has 0 aliphatic rings. The van der Waals surface area contributed by atoms with Crippen molar-refractivity contribution in [3.8, 4) is 0 Å². The summed E-state index contributed by atoms with van der Waals surface area (Å²) in [5.74, 6) is 0.265. The lowest BCUT2D eigenvalue weighted by Crippen LogP contribution is -2.21. The van der Waals surface area contributed by atoms with Gasteiger partial charge in [-0.25, -0.2) is 5.43 Å². The van der Waals surface area contributed by atoms with Crippen molar-refractivity contribution in [1.29, 1.82) is 0 Å². The van der Waals surface area contributed by atoms with Crippen LogP contribution in [-0.2, 0) is 11.2 Å². The van der Waals surface area contributed by atoms with E-state index in [0.717, 1.165) is 0 Å². The van der Waals surface area contributed by atoms with Crippen LogP contribution in [0.2, 0.25) is 0 Å². The van der Waals surface area contributed by atoms with Crippen molar-refractivity contribution in [2.75, 3.05) is 0 Å². The number of hydrazone groups is 1. The van der Waals surface area contributed by atoms with Gasteiger partial charge in [-0.3, -0.25) is 14.7 Å². The SMILES string of the molecule is CC(=NNC(=O)Cc1cc(=O)[nH][nH]1)c1ccco1. The van der Waals surface area contributed by atoms with Crippen molar-refractivity contribution < 1.29 is 9.21 Å². The largest absolute Gasteiger partial charge is 0.463 e. The molecule has 2 aromatic rings. The minimum atomic E-state index is -0.323. The van der Waals surface area contributed by atoms with E-state index >= 15 is 0 Å². The van der Waals surface area contributed by atoms with Gasteiger partial charge in [-0.2, -0.15) is 5.10 Å². The number of hydrogen-bond donors (Lipinski definition) is 3. The Morgan fingerprint density at radius 3 is 2.94 bits per heavy atom. The lowest BCUT2D eigenvalue weighted by Gasteiger charge is -1.99. The molecule has 0 spiro atoms. The highest BCUT2D eigenvalue weighted by molar-refractivity contribution is 5.96. The Labute approximate surface area is 102 Å². The van der Waals surface area contributed by atoms with E-state index in [1.165, 1.54) is 12.3 Å². The molecular formula is C11H12N4O3. The van der Waals surface area contributed by atoms with E-state index in [2.05, 4.69) is 20.7 Å². The lowest BCUT2D eigenvalue weighted by molar-refractivity contribution is -0.120. The van der Waals surface area contributed by atoms with Crippen LogP contribution in [0.15, 0.2) is 38.8 Å². The second-order valence-corrected chi connectivity index (χ2v) is 3.67. The standard InChI is InChI=1S/C11H12N4O3/c1-7(9-3-2-4-18-9)12-14-10(16)5-8-6-11(17)15-13-8/h2-4,6H,5H2,1H3,(H,14,16)(H2,13,15,17). The molecule has 2 heterocycles. The lowest BCUT2D eigenvalue weighted by atomic mass is 10.3. The van der Waals surface area contributed by atoms with Gasteiger partial charge in [0, 0.05) is 11.8 Å². The van der Waals surface area contributed by atoms with E-state index in [0.29, 0.717) is 17.2 Å². The first kappa shape index (κ1) is 11.9. The topological polar surface area (TPSA) is 103 Å². The number of H-pyrrole nitrogens is 2. The normalized spacial score (nSPS) is 11.5. The number of aromatic amines is 2.